The monoisotopic (exact) mass is 285 g/mol. The maximum Gasteiger partial charge on any atom is 0.0636 e. The number of aliphatic hydroxyl groups excluding tert-OH is 2. The van der Waals surface area contributed by atoms with E-state index in [0.717, 1.165) is 20.0 Å². The molecule has 0 atom stereocenters. The molecule has 0 aliphatic heterocycles. The van der Waals surface area contributed by atoms with Crippen LogP contribution in [0.4, 0.5) is 0 Å². The van der Waals surface area contributed by atoms with E-state index in [2.05, 4.69) is 5.32 Å². The number of halogens is 1. The Kier molecular flexibility index (Phi) is 4.25. The quantitative estimate of drug-likeness (QED) is 0.791. The average Bonchev–Trinajstić information content (AvgIpc) is 2.73. The number of benzene rings is 1. The predicted octanol–water partition coefficient (Wildman–Crippen LogP) is 2.39. The molecule has 0 saturated carbocycles. The van der Waals surface area contributed by atoms with Crippen LogP contribution in [0.1, 0.15) is 11.8 Å². The average molecular weight is 286 g/mol. The zero-order valence-electron chi connectivity index (χ0n) is 10.1. The van der Waals surface area contributed by atoms with Crippen molar-refractivity contribution in [2.24, 2.45) is 0 Å². The van der Waals surface area contributed by atoms with Gasteiger partial charge in [-0.25, -0.2) is 0 Å². The van der Waals surface area contributed by atoms with Crippen LogP contribution in [-0.4, -0.2) is 29.0 Å². The Morgan fingerprint density at radius 3 is 2.56 bits per heavy atom. The van der Waals surface area contributed by atoms with Gasteiger partial charge in [0.05, 0.1) is 23.8 Å². The minimum absolute atomic E-state index is 0.119. The van der Waals surface area contributed by atoms with Gasteiger partial charge in [0.25, 0.3) is 0 Å². The van der Waals surface area contributed by atoms with Gasteiger partial charge in [0.1, 0.15) is 0 Å². The third-order valence-electron chi connectivity index (χ3n) is 2.98. The van der Waals surface area contributed by atoms with Crippen LogP contribution in [0.5, 0.6) is 0 Å². The van der Waals surface area contributed by atoms with E-state index in [-0.39, 0.29) is 13.2 Å². The van der Waals surface area contributed by atoms with E-state index in [9.17, 15) is 10.2 Å². The van der Waals surface area contributed by atoms with Gasteiger partial charge in [0, 0.05) is 21.5 Å². The van der Waals surface area contributed by atoms with Gasteiger partial charge in [0.15, 0.2) is 0 Å². The molecular weight excluding hydrogens is 270 g/mol. The van der Waals surface area contributed by atoms with Crippen molar-refractivity contribution in [2.75, 3.05) is 13.2 Å². The maximum atomic E-state index is 9.22. The largest absolute Gasteiger partial charge is 0.394 e. The lowest BCUT2D eigenvalue weighted by Gasteiger charge is -2.26. The van der Waals surface area contributed by atoms with Crippen LogP contribution in [0.2, 0.25) is 5.02 Å². The molecule has 0 bridgehead atoms. The summed E-state index contributed by atoms with van der Waals surface area (Å²) in [6.45, 7) is 2.07. The number of fused-ring (bicyclic) bond motifs is 1. The normalized spacial score (nSPS) is 12.2. The molecular formula is C13H16ClNO2S. The summed E-state index contributed by atoms with van der Waals surface area (Å²) in [6.07, 6.45) is 0. The van der Waals surface area contributed by atoms with Crippen molar-refractivity contribution in [3.8, 4) is 0 Å². The molecule has 0 radical (unpaired) electrons. The molecule has 0 unspecified atom stereocenters. The van der Waals surface area contributed by atoms with E-state index < -0.39 is 5.54 Å². The predicted molar refractivity (Wildman–Crippen MR) is 76.3 cm³/mol. The second-order valence-corrected chi connectivity index (χ2v) is 6.08. The fraction of sp³-hybridized carbons (Fsp3) is 0.385. The minimum atomic E-state index is -0.681. The lowest BCUT2D eigenvalue weighted by atomic mass is 10.1. The molecule has 3 N–H and O–H groups in total. The summed E-state index contributed by atoms with van der Waals surface area (Å²) in [4.78, 5) is 1.02. The van der Waals surface area contributed by atoms with Crippen LogP contribution in [-0.2, 0) is 6.54 Å². The van der Waals surface area contributed by atoms with Crippen LogP contribution >= 0.6 is 22.9 Å². The Balaban J connectivity index is 2.20. The Morgan fingerprint density at radius 1 is 1.28 bits per heavy atom. The van der Waals surface area contributed by atoms with Crippen molar-refractivity contribution in [1.29, 1.82) is 0 Å². The molecule has 18 heavy (non-hydrogen) atoms. The van der Waals surface area contributed by atoms with E-state index >= 15 is 0 Å². The van der Waals surface area contributed by atoms with E-state index in [4.69, 9.17) is 11.6 Å². The molecule has 2 rings (SSSR count). The molecule has 98 valence electrons. The van der Waals surface area contributed by atoms with Crippen LogP contribution in [0.15, 0.2) is 24.3 Å². The first-order valence-electron chi connectivity index (χ1n) is 5.72. The van der Waals surface area contributed by atoms with Crippen LogP contribution < -0.4 is 5.32 Å². The maximum absolute atomic E-state index is 9.22. The standard InChI is InChI=1S/C13H16ClNO2S/c1-13(7-16,8-17)15-6-11-12(14)9-4-2-3-5-10(9)18-11/h2-5,15-17H,6-8H2,1H3. The molecule has 5 heteroatoms. The van der Waals surface area contributed by atoms with Crippen molar-refractivity contribution in [1.82, 2.24) is 5.32 Å². The van der Waals surface area contributed by atoms with Crippen LogP contribution in [0.25, 0.3) is 10.1 Å². The highest BCUT2D eigenvalue weighted by atomic mass is 35.5. The van der Waals surface area contributed by atoms with Gasteiger partial charge >= 0.3 is 0 Å². The van der Waals surface area contributed by atoms with E-state index in [1.807, 2.05) is 24.3 Å². The fourth-order valence-electron chi connectivity index (χ4n) is 1.63. The van der Waals surface area contributed by atoms with Crippen molar-refractivity contribution in [2.45, 2.75) is 19.0 Å². The summed E-state index contributed by atoms with van der Waals surface area (Å²) in [6, 6.07) is 7.98. The first-order valence-corrected chi connectivity index (χ1v) is 6.92. The van der Waals surface area contributed by atoms with Crippen molar-refractivity contribution in [3.05, 3.63) is 34.2 Å². The van der Waals surface area contributed by atoms with Crippen molar-refractivity contribution in [3.63, 3.8) is 0 Å². The molecule has 0 aliphatic carbocycles. The Hall–Kier alpha value is -0.650. The SMILES string of the molecule is CC(CO)(CO)NCc1sc2ccccc2c1Cl. The summed E-state index contributed by atoms with van der Waals surface area (Å²) in [7, 11) is 0. The lowest BCUT2D eigenvalue weighted by molar-refractivity contribution is 0.103. The molecule has 1 aromatic heterocycles. The van der Waals surface area contributed by atoms with Gasteiger partial charge in [-0.15, -0.1) is 11.3 Å². The molecule has 0 amide bonds. The summed E-state index contributed by atoms with van der Waals surface area (Å²) in [5, 5.41) is 23.4. The van der Waals surface area contributed by atoms with Gasteiger partial charge in [-0.3, -0.25) is 0 Å². The summed E-state index contributed by atoms with van der Waals surface area (Å²) >= 11 is 7.95. The minimum Gasteiger partial charge on any atom is -0.394 e. The van der Waals surface area contributed by atoms with Gasteiger partial charge < -0.3 is 15.5 Å². The highest BCUT2D eigenvalue weighted by molar-refractivity contribution is 7.19. The molecule has 1 aromatic carbocycles. The van der Waals surface area contributed by atoms with E-state index in [1.54, 1.807) is 18.3 Å². The third-order valence-corrected chi connectivity index (χ3v) is 4.69. The van der Waals surface area contributed by atoms with Gasteiger partial charge in [0.2, 0.25) is 0 Å². The van der Waals surface area contributed by atoms with Gasteiger partial charge in [-0.05, 0) is 13.0 Å². The number of hydrogen-bond acceptors (Lipinski definition) is 4. The highest BCUT2D eigenvalue weighted by Crippen LogP contribution is 2.35. The second kappa shape index (κ2) is 5.55. The molecule has 2 aromatic rings. The number of rotatable bonds is 5. The second-order valence-electron chi connectivity index (χ2n) is 4.57. The molecule has 1 heterocycles. The first-order chi connectivity index (χ1) is 8.59. The summed E-state index contributed by atoms with van der Waals surface area (Å²) in [5.74, 6) is 0. The zero-order valence-corrected chi connectivity index (χ0v) is 11.7. The zero-order chi connectivity index (χ0) is 13.2. The van der Waals surface area contributed by atoms with Gasteiger partial charge in [-0.1, -0.05) is 29.8 Å². The molecule has 0 saturated heterocycles. The number of aliphatic hydroxyl groups is 2. The van der Waals surface area contributed by atoms with Crippen LogP contribution in [0, 0.1) is 0 Å². The van der Waals surface area contributed by atoms with E-state index in [0.29, 0.717) is 6.54 Å². The molecule has 0 fully saturated rings. The number of nitrogens with one attached hydrogen (secondary N) is 1. The highest BCUT2D eigenvalue weighted by Gasteiger charge is 2.22. The molecule has 3 nitrogen and oxygen atoms in total. The summed E-state index contributed by atoms with van der Waals surface area (Å²) < 4.78 is 1.15. The molecule has 0 spiro atoms. The molecule has 0 aliphatic rings. The summed E-state index contributed by atoms with van der Waals surface area (Å²) in [5.41, 5.74) is -0.681. The van der Waals surface area contributed by atoms with Crippen LogP contribution in [0.3, 0.4) is 0 Å². The van der Waals surface area contributed by atoms with Gasteiger partial charge in [-0.2, -0.15) is 0 Å². The topological polar surface area (TPSA) is 52.5 Å². The number of thiophene rings is 1. The fourth-order valence-corrected chi connectivity index (χ4v) is 3.07. The lowest BCUT2D eigenvalue weighted by Crippen LogP contribution is -2.48. The van der Waals surface area contributed by atoms with Crippen molar-refractivity contribution >= 4 is 33.0 Å². The Labute approximate surface area is 115 Å². The Morgan fingerprint density at radius 2 is 1.94 bits per heavy atom. The third kappa shape index (κ3) is 2.68. The number of hydrogen-bond donors (Lipinski definition) is 3. The van der Waals surface area contributed by atoms with Crippen molar-refractivity contribution < 1.29 is 10.2 Å². The smallest absolute Gasteiger partial charge is 0.0636 e. The first kappa shape index (κ1) is 13.8. The van der Waals surface area contributed by atoms with E-state index in [1.165, 1.54) is 0 Å². The Bertz CT molecular complexity index is 537.